The Kier molecular flexibility index (Phi) is 18.0. The molecule has 0 spiro atoms. The van der Waals surface area contributed by atoms with Gasteiger partial charge in [-0.15, -0.1) is 24.0 Å². The van der Waals surface area contributed by atoms with Crippen molar-refractivity contribution < 1.29 is 0 Å². The van der Waals surface area contributed by atoms with E-state index >= 15 is 0 Å². The van der Waals surface area contributed by atoms with Crippen molar-refractivity contribution in [3.8, 4) is 0 Å². The number of hydrogen-bond acceptors (Lipinski definition) is 2. The zero-order valence-corrected chi connectivity index (χ0v) is 12.2. The molecule has 4 heteroatoms. The van der Waals surface area contributed by atoms with E-state index in [1.807, 2.05) is 7.05 Å². The summed E-state index contributed by atoms with van der Waals surface area (Å²) in [4.78, 5) is 0. The summed E-state index contributed by atoms with van der Waals surface area (Å²) in [7, 11) is 2.03. The number of unbranched alkanes of at least 4 members (excludes halogenated alkanes) is 1. The van der Waals surface area contributed by atoms with Crippen molar-refractivity contribution in [2.24, 2.45) is 0 Å². The largest absolute Gasteiger partial charge is 0.107 e. The van der Waals surface area contributed by atoms with Gasteiger partial charge in [0.2, 0.25) is 0 Å². The van der Waals surface area contributed by atoms with Gasteiger partial charge in [-0.1, -0.05) is 0 Å². The van der Waals surface area contributed by atoms with Crippen LogP contribution in [0.4, 0.5) is 0 Å². The fraction of sp³-hybridized carbons (Fsp3) is 1.00. The zero-order chi connectivity index (χ0) is 6.24. The Morgan fingerprint density at radius 1 is 1.44 bits per heavy atom. The third kappa shape index (κ3) is 12.7. The molecular formula is C5H15IN2Pb. The number of nitrogens with one attached hydrogen (secondary N) is 2. The Labute approximate surface area is 87.6 Å². The fourth-order valence-electron chi connectivity index (χ4n) is 0.416. The maximum Gasteiger partial charge on any atom is -0.107 e. The van der Waals surface area contributed by atoms with Gasteiger partial charge in [0, 0.05) is 0 Å². The summed E-state index contributed by atoms with van der Waals surface area (Å²) in [5.41, 5.74) is 0. The Morgan fingerprint density at radius 2 is 2.11 bits per heavy atom. The standard InChI is InChI=1S/C4H10N.CH4N.HI.Pb/c1-2-3-4-5;1-2;;/h5H,2-4H2,1H3;2H,1H3;1H;/q2*-1;;+2. The summed E-state index contributed by atoms with van der Waals surface area (Å²) in [6.45, 7) is 3.44. The molecule has 0 saturated heterocycles. The zero-order valence-electron chi connectivity index (χ0n) is 6.03. The monoisotopic (exact) mass is 438 g/mol. The molecule has 0 aromatic carbocycles. The van der Waals surface area contributed by atoms with Gasteiger partial charge < -0.3 is 0 Å². The van der Waals surface area contributed by atoms with Crippen LogP contribution in [0, 0.1) is 0 Å². The van der Waals surface area contributed by atoms with Crippen LogP contribution in [-0.4, -0.2) is 38.4 Å². The molecule has 0 heterocycles. The van der Waals surface area contributed by atoms with Crippen LogP contribution in [0.1, 0.15) is 19.8 Å². The molecule has 0 amide bonds. The van der Waals surface area contributed by atoms with E-state index in [-0.39, 0.29) is 24.0 Å². The van der Waals surface area contributed by atoms with Crippen LogP contribution in [0.2, 0.25) is 0 Å². The van der Waals surface area contributed by atoms with E-state index < -0.39 is 24.8 Å². The van der Waals surface area contributed by atoms with Crippen molar-refractivity contribution in [3.05, 3.63) is 0 Å². The Hall–Kier alpha value is 1.57. The number of rotatable bonds is 5. The molecule has 0 aliphatic rings. The second-order valence-corrected chi connectivity index (χ2v) is 5.95. The molecule has 9 heavy (non-hydrogen) atoms. The van der Waals surface area contributed by atoms with E-state index in [2.05, 4.69) is 13.2 Å². The van der Waals surface area contributed by atoms with Crippen LogP contribution in [0.5, 0.6) is 0 Å². The van der Waals surface area contributed by atoms with Crippen LogP contribution in [-0.2, 0) is 0 Å². The molecule has 0 rings (SSSR count). The molecule has 0 fully saturated rings. The molecule has 2 N–H and O–H groups in total. The van der Waals surface area contributed by atoms with Crippen molar-refractivity contribution in [1.82, 2.24) is 6.25 Å². The molecule has 0 atom stereocenters. The molecule has 0 aromatic heterocycles. The van der Waals surface area contributed by atoms with Crippen LogP contribution < -0.4 is 6.25 Å². The van der Waals surface area contributed by atoms with Gasteiger partial charge in [0.25, 0.3) is 0 Å². The summed E-state index contributed by atoms with van der Waals surface area (Å²) in [6, 6.07) is 0. The van der Waals surface area contributed by atoms with Gasteiger partial charge in [-0.3, -0.25) is 0 Å². The fourth-order valence-corrected chi connectivity index (χ4v) is 2.28. The average Bonchev–Trinajstić information content (AvgIpc) is 1.81. The SMILES string of the molecule is CCCC[NH][Pb][NH]C.I. The average molecular weight is 437 g/mol. The second kappa shape index (κ2) is 12.3. The van der Waals surface area contributed by atoms with Gasteiger partial charge in [-0.05, 0) is 0 Å². The van der Waals surface area contributed by atoms with E-state index in [9.17, 15) is 0 Å². The predicted molar refractivity (Wildman–Crippen MR) is 53.1 cm³/mol. The van der Waals surface area contributed by atoms with Gasteiger partial charge in [-0.25, -0.2) is 0 Å². The van der Waals surface area contributed by atoms with Crippen LogP contribution in [0.3, 0.4) is 0 Å². The summed E-state index contributed by atoms with van der Waals surface area (Å²) in [6.07, 6.45) is 2.63. The van der Waals surface area contributed by atoms with E-state index in [1.54, 1.807) is 0 Å². The third-order valence-electron chi connectivity index (χ3n) is 0.869. The molecule has 0 aliphatic heterocycles. The van der Waals surface area contributed by atoms with Crippen molar-refractivity contribution >= 4 is 48.8 Å². The predicted octanol–water partition coefficient (Wildman–Crippen LogP) is 0.748. The smallest absolute Gasteiger partial charge is 0.107 e. The van der Waals surface area contributed by atoms with Crippen molar-refractivity contribution in [3.63, 3.8) is 0 Å². The minimum Gasteiger partial charge on any atom is -0.107 e. The Bertz CT molecular complexity index is 39.9. The van der Waals surface area contributed by atoms with Crippen molar-refractivity contribution in [1.29, 1.82) is 0 Å². The Balaban J connectivity index is 0. The summed E-state index contributed by atoms with van der Waals surface area (Å²) in [5, 5.41) is 0. The topological polar surface area (TPSA) is 24.1 Å². The molecule has 0 aliphatic carbocycles. The maximum absolute atomic E-state index is 3.42. The molecule has 0 bridgehead atoms. The summed E-state index contributed by atoms with van der Waals surface area (Å²) >= 11 is -0.510. The van der Waals surface area contributed by atoms with E-state index in [1.165, 1.54) is 19.4 Å². The molecule has 0 saturated carbocycles. The molecule has 0 aromatic rings. The summed E-state index contributed by atoms with van der Waals surface area (Å²) < 4.78 is 6.63. The van der Waals surface area contributed by atoms with Gasteiger partial charge in [-0.2, -0.15) is 0 Å². The first-order valence-corrected chi connectivity index (χ1v) is 6.95. The van der Waals surface area contributed by atoms with E-state index in [0.29, 0.717) is 0 Å². The first-order valence-electron chi connectivity index (χ1n) is 3.06. The second-order valence-electron chi connectivity index (χ2n) is 1.66. The third-order valence-corrected chi connectivity index (χ3v) is 3.50. The quantitative estimate of drug-likeness (QED) is 0.377. The van der Waals surface area contributed by atoms with Crippen molar-refractivity contribution in [2.75, 3.05) is 13.6 Å². The minimum absolute atomic E-state index is 0. The van der Waals surface area contributed by atoms with Gasteiger partial charge in [0.1, 0.15) is 0 Å². The first kappa shape index (κ1) is 13.2. The van der Waals surface area contributed by atoms with E-state index in [4.69, 9.17) is 0 Å². The molecule has 56 valence electrons. The number of halogens is 1. The van der Waals surface area contributed by atoms with Gasteiger partial charge in [0.15, 0.2) is 0 Å². The normalized spacial score (nSPS) is 8.67. The van der Waals surface area contributed by atoms with Crippen LogP contribution in [0.15, 0.2) is 0 Å². The van der Waals surface area contributed by atoms with E-state index in [0.717, 1.165) is 0 Å². The first-order chi connectivity index (χ1) is 3.91. The molecular weight excluding hydrogens is 422 g/mol. The summed E-state index contributed by atoms with van der Waals surface area (Å²) in [5.74, 6) is 0. The maximum atomic E-state index is 3.42. The van der Waals surface area contributed by atoms with Crippen LogP contribution >= 0.6 is 24.0 Å². The van der Waals surface area contributed by atoms with Gasteiger partial charge >= 0.3 is 64.4 Å². The Morgan fingerprint density at radius 3 is 2.56 bits per heavy atom. The molecule has 0 unspecified atom stereocenters. The molecule has 2 radical (unpaired) electrons. The molecule has 2 nitrogen and oxygen atoms in total. The van der Waals surface area contributed by atoms with Crippen LogP contribution in [0.25, 0.3) is 0 Å². The number of hydrogen-bond donors (Lipinski definition) is 2. The minimum atomic E-state index is -0.510. The van der Waals surface area contributed by atoms with Crippen molar-refractivity contribution in [2.45, 2.75) is 19.8 Å². The van der Waals surface area contributed by atoms with Gasteiger partial charge in [0.05, 0.1) is 0 Å².